The second-order valence-electron chi connectivity index (χ2n) is 6.93. The number of hydrogen-bond acceptors (Lipinski definition) is 7. The van der Waals surface area contributed by atoms with E-state index in [9.17, 15) is 4.79 Å². The fourth-order valence-corrected chi connectivity index (χ4v) is 3.45. The van der Waals surface area contributed by atoms with E-state index in [1.165, 1.54) is 12.4 Å². The number of carbonyl (C=O) groups excluding carboxylic acids is 1. The average Bonchev–Trinajstić information content (AvgIpc) is 3.10. The largest absolute Gasteiger partial charge is 0.460 e. The van der Waals surface area contributed by atoms with E-state index in [0.29, 0.717) is 16.8 Å². The first-order valence-corrected chi connectivity index (χ1v) is 9.52. The van der Waals surface area contributed by atoms with Crippen LogP contribution in [-0.2, 0) is 0 Å². The van der Waals surface area contributed by atoms with Crippen molar-refractivity contribution in [2.24, 2.45) is 0 Å². The zero-order valence-corrected chi connectivity index (χ0v) is 16.3. The Hall–Kier alpha value is -2.81. The van der Waals surface area contributed by atoms with Gasteiger partial charge in [-0.3, -0.25) is 4.79 Å². The molecule has 0 bridgehead atoms. The van der Waals surface area contributed by atoms with E-state index >= 15 is 0 Å². The van der Waals surface area contributed by atoms with Crippen molar-refractivity contribution in [3.8, 4) is 6.01 Å². The van der Waals surface area contributed by atoms with Crippen LogP contribution in [0.25, 0.3) is 5.78 Å². The monoisotopic (exact) mass is 401 g/mol. The molecule has 28 heavy (non-hydrogen) atoms. The molecule has 1 aliphatic rings. The first-order valence-electron chi connectivity index (χ1n) is 9.14. The number of aromatic nitrogens is 6. The van der Waals surface area contributed by atoms with Gasteiger partial charge in [0.25, 0.3) is 11.7 Å². The van der Waals surface area contributed by atoms with Gasteiger partial charge < -0.3 is 10.1 Å². The van der Waals surface area contributed by atoms with Crippen molar-refractivity contribution in [2.45, 2.75) is 51.7 Å². The molecule has 1 saturated carbocycles. The Morgan fingerprint density at radius 2 is 1.89 bits per heavy atom. The van der Waals surface area contributed by atoms with E-state index < -0.39 is 0 Å². The van der Waals surface area contributed by atoms with Crippen molar-refractivity contribution in [3.63, 3.8) is 0 Å². The number of rotatable bonds is 4. The lowest BCUT2D eigenvalue weighted by molar-refractivity contribution is 0.0875. The van der Waals surface area contributed by atoms with Gasteiger partial charge in [0.2, 0.25) is 5.82 Å². The van der Waals surface area contributed by atoms with Gasteiger partial charge in [0.1, 0.15) is 6.10 Å². The average molecular weight is 402 g/mol. The van der Waals surface area contributed by atoms with Crippen LogP contribution in [0.2, 0.25) is 5.02 Å². The molecule has 9 nitrogen and oxygen atoms in total. The Kier molecular flexibility index (Phi) is 5.08. The summed E-state index contributed by atoms with van der Waals surface area (Å²) in [5.41, 5.74) is 1.73. The molecule has 146 valence electrons. The highest BCUT2D eigenvalue weighted by atomic mass is 35.5. The van der Waals surface area contributed by atoms with Crippen LogP contribution in [0.1, 0.15) is 47.7 Å². The predicted octanol–water partition coefficient (Wildman–Crippen LogP) is 2.30. The molecule has 0 radical (unpaired) electrons. The fraction of sp³-hybridized carbons (Fsp3) is 0.444. The summed E-state index contributed by atoms with van der Waals surface area (Å²) in [6.45, 7) is 3.79. The molecular formula is C18H20ClN7O2. The summed E-state index contributed by atoms with van der Waals surface area (Å²) in [5, 5.41) is 7.76. The fourth-order valence-electron chi connectivity index (χ4n) is 3.35. The molecule has 3 aromatic rings. The molecule has 3 aromatic heterocycles. The normalized spacial score (nSPS) is 19.5. The van der Waals surface area contributed by atoms with Gasteiger partial charge in [-0.25, -0.2) is 19.5 Å². The second-order valence-corrected chi connectivity index (χ2v) is 7.37. The van der Waals surface area contributed by atoms with Gasteiger partial charge in [0, 0.05) is 17.4 Å². The molecule has 1 amide bonds. The molecule has 1 aliphatic carbocycles. The lowest BCUT2D eigenvalue weighted by Gasteiger charge is -2.28. The Balaban J connectivity index is 1.33. The number of nitrogens with one attached hydrogen (secondary N) is 1. The summed E-state index contributed by atoms with van der Waals surface area (Å²) < 4.78 is 7.36. The summed E-state index contributed by atoms with van der Waals surface area (Å²) in [5.74, 6) is 0.282. The van der Waals surface area contributed by atoms with Crippen molar-refractivity contribution < 1.29 is 9.53 Å². The van der Waals surface area contributed by atoms with Crippen LogP contribution in [0.15, 0.2) is 18.5 Å². The van der Waals surface area contributed by atoms with E-state index in [1.807, 2.05) is 19.9 Å². The Morgan fingerprint density at radius 1 is 1.18 bits per heavy atom. The van der Waals surface area contributed by atoms with Gasteiger partial charge in [-0.1, -0.05) is 11.6 Å². The van der Waals surface area contributed by atoms with Crippen molar-refractivity contribution in [1.29, 1.82) is 0 Å². The van der Waals surface area contributed by atoms with Crippen molar-refractivity contribution >= 4 is 23.3 Å². The molecule has 1 N–H and O–H groups in total. The van der Waals surface area contributed by atoms with Gasteiger partial charge in [-0.2, -0.15) is 4.98 Å². The van der Waals surface area contributed by atoms with Crippen LogP contribution in [-0.4, -0.2) is 47.6 Å². The van der Waals surface area contributed by atoms with Crippen LogP contribution < -0.4 is 10.1 Å². The van der Waals surface area contributed by atoms with E-state index in [-0.39, 0.29) is 23.9 Å². The minimum absolute atomic E-state index is 0.0254. The summed E-state index contributed by atoms with van der Waals surface area (Å²) >= 11 is 5.78. The number of ether oxygens (including phenoxy) is 1. The van der Waals surface area contributed by atoms with Crippen molar-refractivity contribution in [2.75, 3.05) is 0 Å². The lowest BCUT2D eigenvalue weighted by Crippen LogP contribution is -2.40. The van der Waals surface area contributed by atoms with Crippen LogP contribution in [0.4, 0.5) is 0 Å². The highest BCUT2D eigenvalue weighted by Crippen LogP contribution is 2.22. The Morgan fingerprint density at radius 3 is 2.61 bits per heavy atom. The third kappa shape index (κ3) is 4.04. The number of hydrogen-bond donors (Lipinski definition) is 1. The summed E-state index contributed by atoms with van der Waals surface area (Å²) in [4.78, 5) is 29.2. The third-order valence-electron chi connectivity index (χ3n) is 4.70. The number of nitrogens with zero attached hydrogens (tertiary/aromatic N) is 6. The van der Waals surface area contributed by atoms with Gasteiger partial charge in [0.15, 0.2) is 0 Å². The molecule has 0 atom stereocenters. The highest BCUT2D eigenvalue weighted by Gasteiger charge is 2.26. The molecule has 0 saturated heterocycles. The molecule has 0 aromatic carbocycles. The van der Waals surface area contributed by atoms with Crippen LogP contribution in [0.3, 0.4) is 0 Å². The number of halogens is 1. The minimum Gasteiger partial charge on any atom is -0.460 e. The van der Waals surface area contributed by atoms with Crippen LogP contribution >= 0.6 is 11.6 Å². The predicted molar refractivity (Wildman–Crippen MR) is 101 cm³/mol. The molecule has 3 heterocycles. The molecule has 1 fully saturated rings. The Labute approximate surface area is 166 Å². The minimum atomic E-state index is -0.284. The zero-order valence-electron chi connectivity index (χ0n) is 15.6. The first kappa shape index (κ1) is 18.5. The molecular weight excluding hydrogens is 382 g/mol. The maximum atomic E-state index is 12.5. The summed E-state index contributed by atoms with van der Waals surface area (Å²) in [6, 6.07) is 2.28. The quantitative estimate of drug-likeness (QED) is 0.714. The molecule has 0 unspecified atom stereocenters. The van der Waals surface area contributed by atoms with Crippen molar-refractivity contribution in [1.82, 2.24) is 34.9 Å². The van der Waals surface area contributed by atoms with Crippen molar-refractivity contribution in [3.05, 3.63) is 40.7 Å². The molecule has 0 aliphatic heterocycles. The lowest BCUT2D eigenvalue weighted by atomic mass is 9.93. The van der Waals surface area contributed by atoms with E-state index in [2.05, 4.69) is 30.4 Å². The van der Waals surface area contributed by atoms with E-state index in [1.54, 1.807) is 4.52 Å². The number of fused-ring (bicyclic) bond motifs is 1. The van der Waals surface area contributed by atoms with Crippen LogP contribution in [0.5, 0.6) is 6.01 Å². The summed E-state index contributed by atoms with van der Waals surface area (Å²) in [7, 11) is 0. The second kappa shape index (κ2) is 7.67. The van der Waals surface area contributed by atoms with Gasteiger partial charge in [0.05, 0.1) is 17.4 Å². The topological polar surface area (TPSA) is 107 Å². The first-order chi connectivity index (χ1) is 13.5. The molecule has 4 rings (SSSR count). The number of carbonyl (C=O) groups is 1. The molecule has 10 heteroatoms. The standard InChI is InChI=1S/C18H20ClN7O2/c1-10-7-11(2)26-17(22-10)24-15(25-26)16(27)23-13-3-5-14(6-4-13)28-18-20-8-12(19)9-21-18/h7-9,13-14H,3-6H2,1-2H3,(H,23,27). The zero-order chi connectivity index (χ0) is 19.7. The number of aryl methyl sites for hydroxylation is 2. The SMILES string of the molecule is Cc1cc(C)n2nc(C(=O)NC3CCC(Oc4ncc(Cl)cn4)CC3)nc2n1. The molecule has 0 spiro atoms. The van der Waals surface area contributed by atoms with Crippen LogP contribution in [0, 0.1) is 13.8 Å². The number of amides is 1. The van der Waals surface area contributed by atoms with Gasteiger partial charge in [-0.05, 0) is 45.6 Å². The van der Waals surface area contributed by atoms with Gasteiger partial charge in [-0.15, -0.1) is 5.10 Å². The van der Waals surface area contributed by atoms with Gasteiger partial charge >= 0.3 is 6.01 Å². The van der Waals surface area contributed by atoms with E-state index in [4.69, 9.17) is 16.3 Å². The Bertz CT molecular complexity index is 997. The smallest absolute Gasteiger partial charge is 0.316 e. The third-order valence-corrected chi connectivity index (χ3v) is 4.89. The van der Waals surface area contributed by atoms with E-state index in [0.717, 1.165) is 37.1 Å². The maximum Gasteiger partial charge on any atom is 0.316 e. The maximum absolute atomic E-state index is 12.5. The summed E-state index contributed by atoms with van der Waals surface area (Å²) in [6.07, 6.45) is 6.25. The highest BCUT2D eigenvalue weighted by molar-refractivity contribution is 6.30.